The van der Waals surface area contributed by atoms with Gasteiger partial charge in [-0.2, -0.15) is 0 Å². The van der Waals surface area contributed by atoms with Gasteiger partial charge < -0.3 is 0 Å². The van der Waals surface area contributed by atoms with Crippen molar-refractivity contribution in [3.63, 3.8) is 0 Å². The van der Waals surface area contributed by atoms with Gasteiger partial charge in [-0.25, -0.2) is 4.98 Å². The Balaban J connectivity index is 1.71. The van der Waals surface area contributed by atoms with Gasteiger partial charge in [0.15, 0.2) is 5.13 Å². The Kier molecular flexibility index (Phi) is 5.48. The molecular formula is C22H25N3OS. The highest BCUT2D eigenvalue weighted by Gasteiger charge is 2.29. The van der Waals surface area contributed by atoms with Crippen LogP contribution in [-0.4, -0.2) is 15.9 Å². The number of thiazole rings is 1. The molecule has 1 saturated carbocycles. The summed E-state index contributed by atoms with van der Waals surface area (Å²) in [4.78, 5) is 24.6. The molecule has 2 heterocycles. The van der Waals surface area contributed by atoms with Crippen molar-refractivity contribution in [2.45, 2.75) is 52.0 Å². The molecule has 4 nitrogen and oxygen atoms in total. The van der Waals surface area contributed by atoms with E-state index in [4.69, 9.17) is 4.98 Å². The van der Waals surface area contributed by atoms with Crippen LogP contribution in [0.25, 0.3) is 10.2 Å². The number of carbonyl (C=O) groups is 1. The second kappa shape index (κ2) is 8.17. The molecule has 1 aliphatic rings. The van der Waals surface area contributed by atoms with E-state index in [2.05, 4.69) is 30.1 Å². The highest BCUT2D eigenvalue weighted by Crippen LogP contribution is 2.34. The van der Waals surface area contributed by atoms with Gasteiger partial charge in [-0.05, 0) is 43.0 Å². The lowest BCUT2D eigenvalue weighted by atomic mass is 9.88. The number of nitrogens with zero attached hydrogens (tertiary/aromatic N) is 3. The fraction of sp³-hybridized carbons (Fsp3) is 0.409. The molecule has 2 aromatic heterocycles. The van der Waals surface area contributed by atoms with Gasteiger partial charge in [0.1, 0.15) is 0 Å². The number of fused-ring (bicyclic) bond motifs is 1. The third kappa shape index (κ3) is 3.88. The molecule has 1 amide bonds. The van der Waals surface area contributed by atoms with E-state index in [0.717, 1.165) is 53.1 Å². The molecule has 1 fully saturated rings. The Bertz CT molecular complexity index is 916. The molecule has 0 unspecified atom stereocenters. The van der Waals surface area contributed by atoms with Crippen LogP contribution in [0.1, 0.15) is 50.3 Å². The van der Waals surface area contributed by atoms with E-state index in [9.17, 15) is 4.79 Å². The van der Waals surface area contributed by atoms with E-state index in [-0.39, 0.29) is 11.8 Å². The summed E-state index contributed by atoms with van der Waals surface area (Å²) < 4.78 is 1.15. The van der Waals surface area contributed by atoms with Gasteiger partial charge >= 0.3 is 0 Å². The van der Waals surface area contributed by atoms with Crippen LogP contribution in [0.15, 0.2) is 42.6 Å². The molecular weight excluding hydrogens is 354 g/mol. The first kappa shape index (κ1) is 18.1. The molecule has 5 heteroatoms. The quantitative estimate of drug-likeness (QED) is 0.599. The van der Waals surface area contributed by atoms with Crippen molar-refractivity contribution in [1.29, 1.82) is 0 Å². The number of aromatic nitrogens is 2. The molecule has 0 atom stereocenters. The first-order valence-corrected chi connectivity index (χ1v) is 10.7. The maximum atomic E-state index is 13.4. The summed E-state index contributed by atoms with van der Waals surface area (Å²) in [5, 5.41) is 0.798. The van der Waals surface area contributed by atoms with Crippen molar-refractivity contribution < 1.29 is 4.79 Å². The number of anilines is 1. The Hall–Kier alpha value is -2.27. The van der Waals surface area contributed by atoms with Crippen molar-refractivity contribution in [3.8, 4) is 0 Å². The molecule has 0 N–H and O–H groups in total. The second-order valence-electron chi connectivity index (χ2n) is 7.19. The van der Waals surface area contributed by atoms with Crippen LogP contribution < -0.4 is 4.90 Å². The zero-order valence-electron chi connectivity index (χ0n) is 15.7. The number of hydrogen-bond acceptors (Lipinski definition) is 4. The van der Waals surface area contributed by atoms with Crippen molar-refractivity contribution >= 4 is 32.6 Å². The van der Waals surface area contributed by atoms with E-state index in [1.807, 2.05) is 23.1 Å². The van der Waals surface area contributed by atoms with Crippen molar-refractivity contribution in [2.24, 2.45) is 5.92 Å². The summed E-state index contributed by atoms with van der Waals surface area (Å²) in [6.45, 7) is 2.63. The largest absolute Gasteiger partial charge is 0.282 e. The fourth-order valence-electron chi connectivity index (χ4n) is 3.86. The molecule has 0 bridgehead atoms. The van der Waals surface area contributed by atoms with Gasteiger partial charge in [0.2, 0.25) is 5.91 Å². The van der Waals surface area contributed by atoms with Crippen LogP contribution in [0.4, 0.5) is 5.13 Å². The van der Waals surface area contributed by atoms with Gasteiger partial charge in [-0.3, -0.25) is 14.7 Å². The van der Waals surface area contributed by atoms with Gasteiger partial charge in [-0.1, -0.05) is 55.7 Å². The van der Waals surface area contributed by atoms with Gasteiger partial charge in [0, 0.05) is 12.1 Å². The normalized spacial score (nSPS) is 15.1. The second-order valence-corrected chi connectivity index (χ2v) is 8.20. The number of para-hydroxylation sites is 1. The van der Waals surface area contributed by atoms with Crippen LogP contribution in [0.2, 0.25) is 0 Å². The van der Waals surface area contributed by atoms with Gasteiger partial charge in [-0.15, -0.1) is 0 Å². The lowest BCUT2D eigenvalue weighted by Crippen LogP contribution is -2.36. The third-order valence-electron chi connectivity index (χ3n) is 5.37. The minimum Gasteiger partial charge on any atom is -0.282 e. The molecule has 27 heavy (non-hydrogen) atoms. The summed E-state index contributed by atoms with van der Waals surface area (Å²) in [7, 11) is 0. The fourth-order valence-corrected chi connectivity index (χ4v) is 4.88. The Morgan fingerprint density at radius 1 is 1.15 bits per heavy atom. The molecule has 1 aliphatic carbocycles. The summed E-state index contributed by atoms with van der Waals surface area (Å²) in [6.07, 6.45) is 8.24. The number of rotatable bonds is 5. The number of pyridine rings is 1. The van der Waals surface area contributed by atoms with E-state index < -0.39 is 0 Å². The standard InChI is InChI=1S/C22H25N3OS/c1-2-16-11-8-13-19-20(16)24-22(27-19)25(15-18-12-6-7-14-23-18)21(26)17-9-4-3-5-10-17/h6-8,11-14,17H,2-5,9-10,15H2,1H3. The van der Waals surface area contributed by atoms with Crippen LogP contribution in [-0.2, 0) is 17.8 Å². The molecule has 0 spiro atoms. The zero-order valence-corrected chi connectivity index (χ0v) is 16.5. The van der Waals surface area contributed by atoms with Crippen LogP contribution in [0, 0.1) is 5.92 Å². The minimum atomic E-state index is 0.111. The van der Waals surface area contributed by atoms with Crippen LogP contribution >= 0.6 is 11.3 Å². The smallest absolute Gasteiger partial charge is 0.232 e. The van der Waals surface area contributed by atoms with Gasteiger partial charge in [0.05, 0.1) is 22.5 Å². The molecule has 3 aromatic rings. The number of amides is 1. The maximum Gasteiger partial charge on any atom is 0.232 e. The van der Waals surface area contributed by atoms with Gasteiger partial charge in [0.25, 0.3) is 0 Å². The Morgan fingerprint density at radius 3 is 2.74 bits per heavy atom. The Labute approximate surface area is 164 Å². The summed E-state index contributed by atoms with van der Waals surface area (Å²) in [6, 6.07) is 12.2. The first-order valence-electron chi connectivity index (χ1n) is 9.86. The van der Waals surface area contributed by atoms with Crippen LogP contribution in [0.5, 0.6) is 0 Å². The van der Waals surface area contributed by atoms with E-state index >= 15 is 0 Å². The number of aryl methyl sites for hydroxylation is 1. The predicted molar refractivity (Wildman–Crippen MR) is 111 cm³/mol. The molecule has 0 saturated heterocycles. The zero-order chi connectivity index (χ0) is 18.6. The molecule has 4 rings (SSSR count). The molecule has 1 aromatic carbocycles. The van der Waals surface area contributed by atoms with E-state index in [1.165, 1.54) is 12.0 Å². The van der Waals surface area contributed by atoms with Crippen LogP contribution in [0.3, 0.4) is 0 Å². The SMILES string of the molecule is CCc1cccc2sc(N(Cc3ccccn3)C(=O)C3CCCCC3)nc12. The highest BCUT2D eigenvalue weighted by molar-refractivity contribution is 7.22. The molecule has 0 radical (unpaired) electrons. The van der Waals surface area contributed by atoms with E-state index in [0.29, 0.717) is 6.54 Å². The number of hydrogen-bond donors (Lipinski definition) is 0. The summed E-state index contributed by atoms with van der Waals surface area (Å²) in [5.41, 5.74) is 3.16. The summed E-state index contributed by atoms with van der Waals surface area (Å²) in [5.74, 6) is 0.317. The Morgan fingerprint density at radius 2 is 2.00 bits per heavy atom. The average molecular weight is 380 g/mol. The third-order valence-corrected chi connectivity index (χ3v) is 6.41. The number of carbonyl (C=O) groups excluding carboxylic acids is 1. The maximum absolute atomic E-state index is 13.4. The lowest BCUT2D eigenvalue weighted by Gasteiger charge is -2.27. The highest BCUT2D eigenvalue weighted by atomic mass is 32.1. The topological polar surface area (TPSA) is 46.1 Å². The number of benzene rings is 1. The summed E-state index contributed by atoms with van der Waals surface area (Å²) >= 11 is 1.61. The first-order chi connectivity index (χ1) is 13.3. The average Bonchev–Trinajstić information content (AvgIpc) is 3.17. The molecule has 0 aliphatic heterocycles. The van der Waals surface area contributed by atoms with Crippen molar-refractivity contribution in [2.75, 3.05) is 4.90 Å². The van der Waals surface area contributed by atoms with E-state index in [1.54, 1.807) is 17.5 Å². The lowest BCUT2D eigenvalue weighted by molar-refractivity contribution is -0.123. The monoisotopic (exact) mass is 379 g/mol. The van der Waals surface area contributed by atoms with Crippen molar-refractivity contribution in [1.82, 2.24) is 9.97 Å². The predicted octanol–water partition coefficient (Wildman–Crippen LogP) is 5.37. The van der Waals surface area contributed by atoms with Crippen molar-refractivity contribution in [3.05, 3.63) is 53.9 Å². The minimum absolute atomic E-state index is 0.111. The molecule has 140 valence electrons.